The van der Waals surface area contributed by atoms with Crippen molar-refractivity contribution in [3.05, 3.63) is 30.1 Å². The summed E-state index contributed by atoms with van der Waals surface area (Å²) in [6.45, 7) is 3.95. The SMILES string of the molecule is CN(Cc1ccccn1)C(=O)[C@H]1C[C@@H]2CCN(CC3CCCCC3)C[C@@H]2O1. The molecule has 0 spiro atoms. The average molecular weight is 372 g/mol. The zero-order valence-corrected chi connectivity index (χ0v) is 16.6. The van der Waals surface area contributed by atoms with Crippen molar-refractivity contribution in [1.29, 1.82) is 0 Å². The highest BCUT2D eigenvalue weighted by Crippen LogP contribution is 2.35. The number of piperidine rings is 1. The number of amides is 1. The number of likely N-dealkylation sites (N-methyl/N-ethyl adjacent to an activating group) is 1. The molecular weight excluding hydrogens is 338 g/mol. The third-order valence-electron chi connectivity index (χ3n) is 6.65. The summed E-state index contributed by atoms with van der Waals surface area (Å²) in [4.78, 5) is 21.5. The molecule has 0 bridgehead atoms. The molecule has 4 rings (SSSR count). The zero-order valence-electron chi connectivity index (χ0n) is 16.6. The molecule has 0 unspecified atom stereocenters. The molecule has 0 radical (unpaired) electrons. The molecule has 5 heteroatoms. The Morgan fingerprint density at radius 2 is 2.11 bits per heavy atom. The molecule has 1 aliphatic carbocycles. The lowest BCUT2D eigenvalue weighted by Gasteiger charge is -2.37. The normalized spacial score (nSPS) is 29.4. The number of aromatic nitrogens is 1. The molecule has 5 nitrogen and oxygen atoms in total. The zero-order chi connectivity index (χ0) is 18.6. The van der Waals surface area contributed by atoms with E-state index in [2.05, 4.69) is 9.88 Å². The Kier molecular flexibility index (Phi) is 6.08. The van der Waals surface area contributed by atoms with Gasteiger partial charge in [-0.2, -0.15) is 0 Å². The maximum atomic E-state index is 12.9. The van der Waals surface area contributed by atoms with Gasteiger partial charge in [-0.15, -0.1) is 0 Å². The van der Waals surface area contributed by atoms with E-state index in [0.717, 1.165) is 24.6 Å². The fourth-order valence-electron chi connectivity index (χ4n) is 5.11. The van der Waals surface area contributed by atoms with Gasteiger partial charge in [-0.05, 0) is 56.2 Å². The van der Waals surface area contributed by atoms with Crippen LogP contribution in [-0.2, 0) is 16.1 Å². The first kappa shape index (κ1) is 18.9. The van der Waals surface area contributed by atoms with Crippen molar-refractivity contribution in [2.24, 2.45) is 11.8 Å². The van der Waals surface area contributed by atoms with Gasteiger partial charge in [-0.3, -0.25) is 9.78 Å². The molecule has 3 aliphatic rings. The number of pyridine rings is 1. The number of ether oxygens (including phenoxy) is 1. The summed E-state index contributed by atoms with van der Waals surface area (Å²) in [6.07, 6.45) is 10.8. The van der Waals surface area contributed by atoms with Gasteiger partial charge in [0, 0.05) is 26.3 Å². The van der Waals surface area contributed by atoms with Crippen molar-refractivity contribution in [2.45, 2.75) is 63.7 Å². The van der Waals surface area contributed by atoms with Crippen molar-refractivity contribution in [1.82, 2.24) is 14.8 Å². The fourth-order valence-corrected chi connectivity index (χ4v) is 5.11. The maximum absolute atomic E-state index is 12.9. The standard InChI is InChI=1S/C22H33N3O2/c1-24(15-19-9-5-6-11-23-19)22(26)20-13-18-10-12-25(16-21(18)27-20)14-17-7-3-2-4-8-17/h5-6,9,11,17-18,20-21H,2-4,7-8,10,12-16H2,1H3/t18-,20+,21-/m0/s1. The smallest absolute Gasteiger partial charge is 0.251 e. The van der Waals surface area contributed by atoms with Crippen molar-refractivity contribution in [2.75, 3.05) is 26.7 Å². The third-order valence-corrected chi connectivity index (χ3v) is 6.65. The summed E-state index contributed by atoms with van der Waals surface area (Å²) in [6, 6.07) is 5.82. The van der Waals surface area contributed by atoms with E-state index in [-0.39, 0.29) is 18.1 Å². The first-order chi connectivity index (χ1) is 13.2. The molecule has 1 amide bonds. The van der Waals surface area contributed by atoms with Gasteiger partial charge in [-0.1, -0.05) is 25.3 Å². The number of hydrogen-bond donors (Lipinski definition) is 0. The van der Waals surface area contributed by atoms with Gasteiger partial charge in [-0.25, -0.2) is 0 Å². The van der Waals surface area contributed by atoms with Crippen molar-refractivity contribution >= 4 is 5.91 Å². The molecule has 2 saturated heterocycles. The molecule has 1 saturated carbocycles. The highest BCUT2D eigenvalue weighted by atomic mass is 16.5. The van der Waals surface area contributed by atoms with Crippen LogP contribution in [0.3, 0.4) is 0 Å². The van der Waals surface area contributed by atoms with Crippen LogP contribution in [0.5, 0.6) is 0 Å². The molecule has 2 aliphatic heterocycles. The Morgan fingerprint density at radius 3 is 2.89 bits per heavy atom. The van der Waals surface area contributed by atoms with Gasteiger partial charge in [0.2, 0.25) is 0 Å². The van der Waals surface area contributed by atoms with Crippen molar-refractivity contribution in [3.63, 3.8) is 0 Å². The maximum Gasteiger partial charge on any atom is 0.251 e. The molecule has 1 aromatic rings. The van der Waals surface area contributed by atoms with Crippen molar-refractivity contribution in [3.8, 4) is 0 Å². The van der Waals surface area contributed by atoms with Gasteiger partial charge in [0.25, 0.3) is 5.91 Å². The number of likely N-dealkylation sites (tertiary alicyclic amines) is 1. The monoisotopic (exact) mass is 371 g/mol. The molecule has 3 atom stereocenters. The molecule has 148 valence electrons. The first-order valence-electron chi connectivity index (χ1n) is 10.7. The van der Waals surface area contributed by atoms with Crippen LogP contribution in [-0.4, -0.2) is 59.6 Å². The number of carbonyl (C=O) groups is 1. The summed E-state index contributed by atoms with van der Waals surface area (Å²) in [5.41, 5.74) is 0.919. The van der Waals surface area contributed by atoms with Gasteiger partial charge >= 0.3 is 0 Å². The second kappa shape index (κ2) is 8.70. The summed E-state index contributed by atoms with van der Waals surface area (Å²) in [5.74, 6) is 1.53. The summed E-state index contributed by atoms with van der Waals surface area (Å²) in [5, 5.41) is 0. The molecule has 1 aromatic heterocycles. The topological polar surface area (TPSA) is 45.7 Å². The van der Waals surface area contributed by atoms with Crippen LogP contribution in [0.15, 0.2) is 24.4 Å². The second-order valence-corrected chi connectivity index (χ2v) is 8.73. The highest BCUT2D eigenvalue weighted by Gasteiger charge is 2.42. The Hall–Kier alpha value is -1.46. The van der Waals surface area contributed by atoms with Gasteiger partial charge < -0.3 is 14.5 Å². The van der Waals surface area contributed by atoms with E-state index in [1.807, 2.05) is 25.2 Å². The molecule has 27 heavy (non-hydrogen) atoms. The Labute approximate surface area is 163 Å². The van der Waals surface area contributed by atoms with E-state index in [1.54, 1.807) is 11.1 Å². The summed E-state index contributed by atoms with van der Waals surface area (Å²) < 4.78 is 6.25. The van der Waals surface area contributed by atoms with E-state index in [9.17, 15) is 4.79 Å². The van der Waals surface area contributed by atoms with Gasteiger partial charge in [0.15, 0.2) is 0 Å². The minimum absolute atomic E-state index is 0.105. The Balaban J connectivity index is 1.28. The predicted molar refractivity (Wildman–Crippen MR) is 105 cm³/mol. The Bertz CT molecular complexity index is 617. The lowest BCUT2D eigenvalue weighted by molar-refractivity contribution is -0.143. The van der Waals surface area contributed by atoms with Gasteiger partial charge in [0.1, 0.15) is 6.10 Å². The first-order valence-corrected chi connectivity index (χ1v) is 10.7. The number of carbonyl (C=O) groups excluding carboxylic acids is 1. The number of hydrogen-bond acceptors (Lipinski definition) is 4. The third kappa shape index (κ3) is 4.69. The molecule has 0 N–H and O–H groups in total. The quantitative estimate of drug-likeness (QED) is 0.798. The average Bonchev–Trinajstić information content (AvgIpc) is 3.12. The minimum atomic E-state index is -0.275. The van der Waals surface area contributed by atoms with Crippen LogP contribution in [0.2, 0.25) is 0 Å². The van der Waals surface area contributed by atoms with Gasteiger partial charge in [0.05, 0.1) is 18.3 Å². The van der Waals surface area contributed by atoms with Crippen molar-refractivity contribution < 1.29 is 9.53 Å². The van der Waals surface area contributed by atoms with Crippen LogP contribution in [0, 0.1) is 11.8 Å². The predicted octanol–water partition coefficient (Wildman–Crippen LogP) is 3.10. The van der Waals surface area contributed by atoms with E-state index < -0.39 is 0 Å². The largest absolute Gasteiger partial charge is 0.364 e. The number of fused-ring (bicyclic) bond motifs is 1. The lowest BCUT2D eigenvalue weighted by atomic mass is 9.87. The van der Waals surface area contributed by atoms with E-state index >= 15 is 0 Å². The fraction of sp³-hybridized carbons (Fsp3) is 0.727. The second-order valence-electron chi connectivity index (χ2n) is 8.73. The van der Waals surface area contributed by atoms with Crippen LogP contribution in [0.1, 0.15) is 50.6 Å². The molecule has 0 aromatic carbocycles. The lowest BCUT2D eigenvalue weighted by Crippen LogP contribution is -2.44. The number of nitrogens with zero attached hydrogens (tertiary/aromatic N) is 3. The summed E-state index contributed by atoms with van der Waals surface area (Å²) >= 11 is 0. The van der Waals surface area contributed by atoms with Crippen LogP contribution >= 0.6 is 0 Å². The summed E-state index contributed by atoms with van der Waals surface area (Å²) in [7, 11) is 1.86. The van der Waals surface area contributed by atoms with Crippen LogP contribution < -0.4 is 0 Å². The highest BCUT2D eigenvalue weighted by molar-refractivity contribution is 5.81. The van der Waals surface area contributed by atoms with E-state index in [4.69, 9.17) is 4.74 Å². The van der Waals surface area contributed by atoms with E-state index in [0.29, 0.717) is 12.5 Å². The van der Waals surface area contributed by atoms with Crippen LogP contribution in [0.4, 0.5) is 0 Å². The minimum Gasteiger partial charge on any atom is -0.364 e. The van der Waals surface area contributed by atoms with E-state index in [1.165, 1.54) is 51.6 Å². The molecule has 3 heterocycles. The number of rotatable bonds is 5. The Morgan fingerprint density at radius 1 is 1.26 bits per heavy atom. The molecular formula is C22H33N3O2. The van der Waals surface area contributed by atoms with Crippen LogP contribution in [0.25, 0.3) is 0 Å². The molecule has 3 fully saturated rings.